The van der Waals surface area contributed by atoms with Gasteiger partial charge >= 0.3 is 0 Å². The molecule has 5 nitrogen and oxygen atoms in total. The average Bonchev–Trinajstić information content (AvgIpc) is 2.73. The van der Waals surface area contributed by atoms with Crippen LogP contribution in [0.25, 0.3) is 0 Å². The summed E-state index contributed by atoms with van der Waals surface area (Å²) in [7, 11) is 0. The zero-order chi connectivity index (χ0) is 10.1. The zero-order valence-corrected chi connectivity index (χ0v) is 8.03. The van der Waals surface area contributed by atoms with Crippen molar-refractivity contribution in [1.82, 2.24) is 10.2 Å². The topological polar surface area (TPSA) is 75.4 Å². The van der Waals surface area contributed by atoms with Gasteiger partial charge in [-0.2, -0.15) is 0 Å². The highest BCUT2D eigenvalue weighted by molar-refractivity contribution is 5.89. The van der Waals surface area contributed by atoms with Crippen LogP contribution < -0.4 is 11.1 Å². The van der Waals surface area contributed by atoms with Crippen molar-refractivity contribution in [2.45, 2.75) is 18.9 Å². The Balaban J connectivity index is 1.92. The molecular formula is C9H15N3O2. The Kier molecular flexibility index (Phi) is 2.41. The number of amides is 2. The van der Waals surface area contributed by atoms with E-state index >= 15 is 0 Å². The number of likely N-dealkylation sites (tertiary alicyclic amines) is 1. The van der Waals surface area contributed by atoms with E-state index < -0.39 is 0 Å². The molecule has 2 atom stereocenters. The van der Waals surface area contributed by atoms with Gasteiger partial charge in [0, 0.05) is 32.1 Å². The summed E-state index contributed by atoms with van der Waals surface area (Å²) in [4.78, 5) is 24.5. The Morgan fingerprint density at radius 2 is 2.36 bits per heavy atom. The molecule has 3 N–H and O–H groups in total. The number of hydrogen-bond donors (Lipinski definition) is 2. The minimum absolute atomic E-state index is 0.0214. The lowest BCUT2D eigenvalue weighted by Crippen LogP contribution is -2.37. The molecule has 0 aromatic carbocycles. The number of nitrogens with zero attached hydrogens (tertiary/aromatic N) is 1. The molecule has 0 bridgehead atoms. The Morgan fingerprint density at radius 1 is 1.57 bits per heavy atom. The molecule has 14 heavy (non-hydrogen) atoms. The molecule has 2 unspecified atom stereocenters. The molecule has 2 rings (SSSR count). The minimum atomic E-state index is -0.159. The highest BCUT2D eigenvalue weighted by Gasteiger charge is 2.33. The number of carbonyl (C=O) groups is 2. The van der Waals surface area contributed by atoms with E-state index in [-0.39, 0.29) is 23.8 Å². The molecule has 2 fully saturated rings. The molecule has 2 heterocycles. The van der Waals surface area contributed by atoms with E-state index in [1.165, 1.54) is 0 Å². The van der Waals surface area contributed by atoms with Gasteiger partial charge in [0.2, 0.25) is 11.8 Å². The first-order valence-corrected chi connectivity index (χ1v) is 4.98. The van der Waals surface area contributed by atoms with Crippen molar-refractivity contribution in [2.75, 3.05) is 19.6 Å². The normalized spacial score (nSPS) is 32.1. The van der Waals surface area contributed by atoms with Crippen LogP contribution in [0.15, 0.2) is 0 Å². The van der Waals surface area contributed by atoms with Crippen molar-refractivity contribution in [3.63, 3.8) is 0 Å². The summed E-state index contributed by atoms with van der Waals surface area (Å²) in [5, 5.41) is 2.67. The second-order valence-corrected chi connectivity index (χ2v) is 4.04. The summed E-state index contributed by atoms with van der Waals surface area (Å²) in [6, 6.07) is 0.115. The van der Waals surface area contributed by atoms with E-state index in [1.54, 1.807) is 4.90 Å². The lowest BCUT2D eigenvalue weighted by molar-refractivity contribution is -0.134. The van der Waals surface area contributed by atoms with E-state index in [0.29, 0.717) is 19.5 Å². The second-order valence-electron chi connectivity index (χ2n) is 4.04. The van der Waals surface area contributed by atoms with Crippen LogP contribution in [0.4, 0.5) is 0 Å². The third-order valence-electron chi connectivity index (χ3n) is 2.86. The van der Waals surface area contributed by atoms with Crippen molar-refractivity contribution < 1.29 is 9.59 Å². The van der Waals surface area contributed by atoms with E-state index in [4.69, 9.17) is 5.73 Å². The van der Waals surface area contributed by atoms with Crippen LogP contribution in [-0.2, 0) is 9.59 Å². The first kappa shape index (κ1) is 9.45. The molecule has 2 saturated heterocycles. The third-order valence-corrected chi connectivity index (χ3v) is 2.86. The Labute approximate surface area is 82.6 Å². The maximum Gasteiger partial charge on any atom is 0.228 e. The van der Waals surface area contributed by atoms with Gasteiger partial charge in [-0.1, -0.05) is 0 Å². The van der Waals surface area contributed by atoms with E-state index in [9.17, 15) is 9.59 Å². The molecule has 0 radical (unpaired) electrons. The van der Waals surface area contributed by atoms with E-state index in [1.807, 2.05) is 0 Å². The zero-order valence-electron chi connectivity index (χ0n) is 8.03. The van der Waals surface area contributed by atoms with E-state index in [2.05, 4.69) is 5.32 Å². The first-order valence-electron chi connectivity index (χ1n) is 4.98. The Bertz CT molecular complexity index is 267. The predicted molar refractivity (Wildman–Crippen MR) is 50.3 cm³/mol. The molecule has 0 aliphatic carbocycles. The number of nitrogens with one attached hydrogen (secondary N) is 1. The molecular weight excluding hydrogens is 182 g/mol. The van der Waals surface area contributed by atoms with Crippen molar-refractivity contribution in [3.8, 4) is 0 Å². The maximum absolute atomic E-state index is 11.8. The highest BCUT2D eigenvalue weighted by Crippen LogP contribution is 2.16. The maximum atomic E-state index is 11.8. The quantitative estimate of drug-likeness (QED) is 0.547. The van der Waals surface area contributed by atoms with E-state index in [0.717, 1.165) is 13.0 Å². The Morgan fingerprint density at radius 3 is 2.86 bits per heavy atom. The van der Waals surface area contributed by atoms with Crippen LogP contribution in [0.3, 0.4) is 0 Å². The smallest absolute Gasteiger partial charge is 0.228 e. The monoisotopic (exact) mass is 197 g/mol. The number of hydrogen-bond acceptors (Lipinski definition) is 3. The third kappa shape index (κ3) is 1.72. The first-order chi connectivity index (χ1) is 6.66. The van der Waals surface area contributed by atoms with Crippen molar-refractivity contribution in [1.29, 1.82) is 0 Å². The van der Waals surface area contributed by atoms with Crippen LogP contribution in [0.1, 0.15) is 12.8 Å². The molecule has 78 valence electrons. The average molecular weight is 197 g/mol. The fourth-order valence-corrected chi connectivity index (χ4v) is 2.03. The van der Waals surface area contributed by atoms with Gasteiger partial charge in [0.15, 0.2) is 0 Å². The minimum Gasteiger partial charge on any atom is -0.355 e. The van der Waals surface area contributed by atoms with Gasteiger partial charge in [-0.15, -0.1) is 0 Å². The van der Waals surface area contributed by atoms with Gasteiger partial charge in [-0.25, -0.2) is 0 Å². The standard InChI is InChI=1S/C9H15N3O2/c10-7-1-2-12(5-7)9(14)6-3-8(13)11-4-6/h6-7H,1-5,10H2,(H,11,13). The molecule has 0 spiro atoms. The predicted octanol–water partition coefficient (Wildman–Crippen LogP) is -1.32. The van der Waals surface area contributed by atoms with Gasteiger partial charge in [0.1, 0.15) is 0 Å². The van der Waals surface area contributed by atoms with Crippen LogP contribution in [0.5, 0.6) is 0 Å². The lowest BCUT2D eigenvalue weighted by atomic mass is 10.1. The molecule has 5 heteroatoms. The summed E-state index contributed by atoms with van der Waals surface area (Å²) in [5.41, 5.74) is 5.71. The lowest BCUT2D eigenvalue weighted by Gasteiger charge is -2.18. The number of rotatable bonds is 1. The molecule has 2 amide bonds. The number of nitrogens with two attached hydrogens (primary N) is 1. The largest absolute Gasteiger partial charge is 0.355 e. The summed E-state index contributed by atoms with van der Waals surface area (Å²) in [5.74, 6) is -0.101. The highest BCUT2D eigenvalue weighted by atomic mass is 16.2. The van der Waals surface area contributed by atoms with Crippen LogP contribution in [-0.4, -0.2) is 42.4 Å². The Hall–Kier alpha value is -1.10. The van der Waals surface area contributed by atoms with Gasteiger partial charge in [0.25, 0.3) is 0 Å². The fourth-order valence-electron chi connectivity index (χ4n) is 2.03. The summed E-state index contributed by atoms with van der Waals surface area (Å²) in [6.45, 7) is 1.87. The van der Waals surface area contributed by atoms with Gasteiger partial charge in [-0.3, -0.25) is 9.59 Å². The molecule has 0 aromatic rings. The summed E-state index contributed by atoms with van der Waals surface area (Å²) >= 11 is 0. The second kappa shape index (κ2) is 3.57. The van der Waals surface area contributed by atoms with Gasteiger partial charge in [0.05, 0.1) is 5.92 Å². The van der Waals surface area contributed by atoms with Crippen molar-refractivity contribution in [3.05, 3.63) is 0 Å². The number of carbonyl (C=O) groups excluding carboxylic acids is 2. The molecule has 2 aliphatic rings. The molecule has 0 saturated carbocycles. The van der Waals surface area contributed by atoms with Crippen LogP contribution in [0.2, 0.25) is 0 Å². The van der Waals surface area contributed by atoms with Crippen LogP contribution in [0, 0.1) is 5.92 Å². The summed E-state index contributed by atoms with van der Waals surface area (Å²) in [6.07, 6.45) is 1.21. The van der Waals surface area contributed by atoms with Gasteiger partial charge < -0.3 is 16.0 Å². The van der Waals surface area contributed by atoms with Crippen LogP contribution >= 0.6 is 0 Å². The van der Waals surface area contributed by atoms with Gasteiger partial charge in [-0.05, 0) is 6.42 Å². The SMILES string of the molecule is NC1CCN(C(=O)C2CNC(=O)C2)C1. The van der Waals surface area contributed by atoms with Crippen molar-refractivity contribution in [2.24, 2.45) is 11.7 Å². The van der Waals surface area contributed by atoms with Crippen molar-refractivity contribution >= 4 is 11.8 Å². The molecule has 0 aromatic heterocycles. The fraction of sp³-hybridized carbons (Fsp3) is 0.778. The molecule has 2 aliphatic heterocycles. The summed E-state index contributed by atoms with van der Waals surface area (Å²) < 4.78 is 0.